The molecule has 0 aromatic carbocycles. The predicted octanol–water partition coefficient (Wildman–Crippen LogP) is 0.0245. The Morgan fingerprint density at radius 1 is 1.56 bits per heavy atom. The van der Waals surface area contributed by atoms with E-state index in [2.05, 4.69) is 20.4 Å². The molecule has 0 bridgehead atoms. The van der Waals surface area contributed by atoms with Gasteiger partial charge in [0.1, 0.15) is 11.9 Å². The maximum Gasteiger partial charge on any atom is 0.407 e. The van der Waals surface area contributed by atoms with Gasteiger partial charge in [0.15, 0.2) is 0 Å². The van der Waals surface area contributed by atoms with Crippen LogP contribution in [0.1, 0.15) is 12.5 Å². The number of methoxy groups -OCH3 is 1. The van der Waals surface area contributed by atoms with Crippen LogP contribution in [0.2, 0.25) is 0 Å². The molecule has 0 saturated heterocycles. The highest BCUT2D eigenvalue weighted by Crippen LogP contribution is 2.05. The lowest BCUT2D eigenvalue weighted by atomic mass is 10.2. The average Bonchev–Trinajstić information content (AvgIpc) is 2.37. The molecule has 0 aliphatic heterocycles. The molecule has 18 heavy (non-hydrogen) atoms. The lowest BCUT2D eigenvalue weighted by Gasteiger charge is -2.13. The second-order valence-corrected chi connectivity index (χ2v) is 3.62. The quantitative estimate of drug-likeness (QED) is 0.700. The third-order valence-electron chi connectivity index (χ3n) is 2.29. The van der Waals surface area contributed by atoms with Crippen LogP contribution in [0.3, 0.4) is 0 Å². The smallest absolute Gasteiger partial charge is 0.407 e. The molecule has 0 unspecified atom stereocenters. The first kappa shape index (κ1) is 13.8. The molecule has 0 saturated carbocycles. The third kappa shape index (κ3) is 3.93. The van der Waals surface area contributed by atoms with Crippen LogP contribution in [0, 0.1) is 0 Å². The van der Waals surface area contributed by atoms with Gasteiger partial charge in [-0.15, -0.1) is 0 Å². The zero-order chi connectivity index (χ0) is 13.5. The van der Waals surface area contributed by atoms with Gasteiger partial charge in [-0.3, -0.25) is 4.79 Å². The van der Waals surface area contributed by atoms with Crippen LogP contribution in [0.5, 0.6) is 0 Å². The number of hydrogen-bond acceptors (Lipinski definition) is 5. The second kappa shape index (κ2) is 6.43. The van der Waals surface area contributed by atoms with E-state index in [1.54, 1.807) is 25.3 Å². The van der Waals surface area contributed by atoms with Gasteiger partial charge in [0, 0.05) is 18.3 Å². The summed E-state index contributed by atoms with van der Waals surface area (Å²) in [5.74, 6) is 0.0371. The van der Waals surface area contributed by atoms with E-state index in [4.69, 9.17) is 5.73 Å². The molecule has 98 valence electrons. The minimum absolute atomic E-state index is 0.256. The maximum atomic E-state index is 11.6. The van der Waals surface area contributed by atoms with Crippen molar-refractivity contribution in [1.82, 2.24) is 15.6 Å². The summed E-state index contributed by atoms with van der Waals surface area (Å²) in [5, 5.41) is 5.00. The van der Waals surface area contributed by atoms with E-state index in [-0.39, 0.29) is 12.5 Å². The molecule has 1 aromatic heterocycles. The third-order valence-corrected chi connectivity index (χ3v) is 2.29. The zero-order valence-electron chi connectivity index (χ0n) is 10.3. The highest BCUT2D eigenvalue weighted by Gasteiger charge is 2.15. The van der Waals surface area contributed by atoms with Crippen LogP contribution in [-0.2, 0) is 16.1 Å². The number of rotatable bonds is 4. The predicted molar refractivity (Wildman–Crippen MR) is 65.5 cm³/mol. The van der Waals surface area contributed by atoms with Crippen molar-refractivity contribution in [2.24, 2.45) is 0 Å². The fraction of sp³-hybridized carbons (Fsp3) is 0.364. The summed E-state index contributed by atoms with van der Waals surface area (Å²) in [6, 6.07) is 2.81. The van der Waals surface area contributed by atoms with Crippen molar-refractivity contribution in [2.45, 2.75) is 19.5 Å². The molecule has 1 rings (SSSR count). The number of nitrogens with zero attached hydrogens (tertiary/aromatic N) is 1. The minimum atomic E-state index is -0.685. The first-order valence-electron chi connectivity index (χ1n) is 5.36. The van der Waals surface area contributed by atoms with E-state index in [0.29, 0.717) is 5.82 Å². The summed E-state index contributed by atoms with van der Waals surface area (Å²) >= 11 is 0. The SMILES string of the molecule is COC(=O)N[C@@H](C)C(=O)NCc1cccnc1N. The van der Waals surface area contributed by atoms with E-state index in [9.17, 15) is 9.59 Å². The molecule has 1 heterocycles. The molecule has 7 nitrogen and oxygen atoms in total. The van der Waals surface area contributed by atoms with E-state index in [0.717, 1.165) is 5.56 Å². The lowest BCUT2D eigenvalue weighted by Crippen LogP contribution is -2.44. The number of ether oxygens (including phenoxy) is 1. The van der Waals surface area contributed by atoms with Gasteiger partial charge in [0.2, 0.25) is 5.91 Å². The lowest BCUT2D eigenvalue weighted by molar-refractivity contribution is -0.122. The number of anilines is 1. The summed E-state index contributed by atoms with van der Waals surface area (Å²) in [6.45, 7) is 1.81. The first-order chi connectivity index (χ1) is 8.54. The summed E-state index contributed by atoms with van der Waals surface area (Å²) < 4.78 is 4.39. The number of amides is 2. The second-order valence-electron chi connectivity index (χ2n) is 3.62. The summed E-state index contributed by atoms with van der Waals surface area (Å²) in [7, 11) is 1.23. The fourth-order valence-corrected chi connectivity index (χ4v) is 1.24. The van der Waals surface area contributed by atoms with Gasteiger partial charge in [-0.05, 0) is 13.0 Å². The first-order valence-corrected chi connectivity index (χ1v) is 5.36. The normalized spacial score (nSPS) is 11.4. The van der Waals surface area contributed by atoms with Crippen molar-refractivity contribution in [3.05, 3.63) is 23.9 Å². The van der Waals surface area contributed by atoms with Crippen molar-refractivity contribution < 1.29 is 14.3 Å². The molecule has 1 atom stereocenters. The highest BCUT2D eigenvalue weighted by molar-refractivity contribution is 5.85. The van der Waals surface area contributed by atoms with Crippen LogP contribution >= 0.6 is 0 Å². The van der Waals surface area contributed by atoms with Crippen molar-refractivity contribution in [2.75, 3.05) is 12.8 Å². The van der Waals surface area contributed by atoms with E-state index in [1.807, 2.05) is 0 Å². The van der Waals surface area contributed by atoms with Gasteiger partial charge < -0.3 is 21.1 Å². The Kier molecular flexibility index (Phi) is 4.91. The Balaban J connectivity index is 2.46. The largest absolute Gasteiger partial charge is 0.453 e. The topological polar surface area (TPSA) is 106 Å². The molecule has 0 radical (unpaired) electrons. The molecular weight excluding hydrogens is 236 g/mol. The molecule has 0 aliphatic rings. The van der Waals surface area contributed by atoms with Crippen molar-refractivity contribution >= 4 is 17.8 Å². The van der Waals surface area contributed by atoms with Crippen molar-refractivity contribution in [3.8, 4) is 0 Å². The zero-order valence-corrected chi connectivity index (χ0v) is 10.3. The van der Waals surface area contributed by atoms with Gasteiger partial charge in [0.25, 0.3) is 0 Å². The minimum Gasteiger partial charge on any atom is -0.453 e. The Bertz CT molecular complexity index is 436. The molecule has 7 heteroatoms. The Hall–Kier alpha value is -2.31. The monoisotopic (exact) mass is 252 g/mol. The maximum absolute atomic E-state index is 11.6. The number of carbonyl (C=O) groups excluding carboxylic acids is 2. The summed E-state index contributed by atoms with van der Waals surface area (Å²) in [6.07, 6.45) is 0.917. The number of nitrogens with two attached hydrogens (primary N) is 1. The Morgan fingerprint density at radius 3 is 2.89 bits per heavy atom. The van der Waals surface area contributed by atoms with Crippen LogP contribution < -0.4 is 16.4 Å². The van der Waals surface area contributed by atoms with Gasteiger partial charge >= 0.3 is 6.09 Å². The van der Waals surface area contributed by atoms with Crippen LogP contribution in [0.25, 0.3) is 0 Å². The summed E-state index contributed by atoms with van der Waals surface area (Å²) in [4.78, 5) is 26.4. The molecule has 1 aromatic rings. The number of pyridine rings is 1. The number of carbonyl (C=O) groups is 2. The highest BCUT2D eigenvalue weighted by atomic mass is 16.5. The molecule has 2 amide bonds. The number of alkyl carbamates (subject to hydrolysis) is 1. The molecule has 4 N–H and O–H groups in total. The number of hydrogen-bond donors (Lipinski definition) is 3. The van der Waals surface area contributed by atoms with Crippen LogP contribution in [0.4, 0.5) is 10.6 Å². The molecule has 0 aliphatic carbocycles. The van der Waals surface area contributed by atoms with Crippen molar-refractivity contribution in [3.63, 3.8) is 0 Å². The van der Waals surface area contributed by atoms with Gasteiger partial charge in [-0.2, -0.15) is 0 Å². The van der Waals surface area contributed by atoms with Gasteiger partial charge in [-0.1, -0.05) is 6.07 Å². The van der Waals surface area contributed by atoms with E-state index >= 15 is 0 Å². The average molecular weight is 252 g/mol. The molecule has 0 spiro atoms. The van der Waals surface area contributed by atoms with E-state index < -0.39 is 12.1 Å². The Labute approximate surface area is 105 Å². The summed E-state index contributed by atoms with van der Waals surface area (Å²) in [5.41, 5.74) is 6.35. The fourth-order valence-electron chi connectivity index (χ4n) is 1.24. The van der Waals surface area contributed by atoms with Crippen LogP contribution in [-0.4, -0.2) is 30.1 Å². The number of nitrogens with one attached hydrogen (secondary N) is 2. The van der Waals surface area contributed by atoms with Crippen LogP contribution in [0.15, 0.2) is 18.3 Å². The van der Waals surface area contributed by atoms with Gasteiger partial charge in [0.05, 0.1) is 7.11 Å². The van der Waals surface area contributed by atoms with Gasteiger partial charge in [-0.25, -0.2) is 9.78 Å². The number of nitrogen functional groups attached to an aromatic ring is 1. The molecular formula is C11H16N4O3. The molecule has 0 fully saturated rings. The standard InChI is InChI=1S/C11H16N4O3/c1-7(15-11(17)18-2)10(16)14-6-8-4-3-5-13-9(8)12/h3-5,7H,6H2,1-2H3,(H2,12,13)(H,14,16)(H,15,17)/t7-/m0/s1. The number of aromatic nitrogens is 1. The van der Waals surface area contributed by atoms with Crippen molar-refractivity contribution in [1.29, 1.82) is 0 Å². The van der Waals surface area contributed by atoms with E-state index in [1.165, 1.54) is 7.11 Å². The Morgan fingerprint density at radius 2 is 2.28 bits per heavy atom.